The molecule has 12 heteroatoms. The molecule has 23 heavy (non-hydrogen) atoms. The number of rotatable bonds is 9. The van der Waals surface area contributed by atoms with Gasteiger partial charge in [0.15, 0.2) is 6.17 Å². The van der Waals surface area contributed by atoms with Crippen LogP contribution in [0.3, 0.4) is 0 Å². The first-order valence-electron chi connectivity index (χ1n) is 6.41. The Morgan fingerprint density at radius 1 is 0.696 bits per heavy atom. The summed E-state index contributed by atoms with van der Waals surface area (Å²) in [6, 6.07) is 0. The van der Waals surface area contributed by atoms with Crippen molar-refractivity contribution in [3.63, 3.8) is 0 Å². The molecule has 0 radical (unpaired) electrons. The van der Waals surface area contributed by atoms with Crippen LogP contribution in [0.2, 0.25) is 0 Å². The summed E-state index contributed by atoms with van der Waals surface area (Å²) in [5.41, 5.74) is -10.6. The molecule has 140 valence electrons. The van der Waals surface area contributed by atoms with Crippen LogP contribution >= 0.6 is 8.58 Å². The zero-order chi connectivity index (χ0) is 18.5. The van der Waals surface area contributed by atoms with Gasteiger partial charge >= 0.3 is 18.0 Å². The summed E-state index contributed by atoms with van der Waals surface area (Å²) in [6.45, 7) is 0. The Kier molecular flexibility index (Phi) is 8.04. The molecular formula is C11H14F11P. The lowest BCUT2D eigenvalue weighted by molar-refractivity contribution is -0.242. The maximum atomic E-state index is 13.2. The molecule has 0 aliphatic carbocycles. The minimum atomic E-state index is -6.20. The van der Waals surface area contributed by atoms with E-state index in [4.69, 9.17) is 0 Å². The van der Waals surface area contributed by atoms with E-state index < -0.39 is 51.3 Å². The van der Waals surface area contributed by atoms with Gasteiger partial charge in [-0.1, -0.05) is 19.3 Å². The predicted molar refractivity (Wildman–Crippen MR) is 62.9 cm³/mol. The second-order valence-corrected chi connectivity index (χ2v) is 6.40. The summed E-state index contributed by atoms with van der Waals surface area (Å²) in [5.74, 6) is 0. The molecule has 0 aromatic heterocycles. The molecule has 0 saturated carbocycles. The van der Waals surface area contributed by atoms with E-state index in [0.29, 0.717) is 0 Å². The second-order valence-electron chi connectivity index (χ2n) is 4.86. The second kappa shape index (κ2) is 8.16. The highest BCUT2D eigenvalue weighted by Crippen LogP contribution is 2.57. The molecule has 0 aliphatic rings. The molecule has 2 unspecified atom stereocenters. The summed E-state index contributed by atoms with van der Waals surface area (Å²) in [5, 5.41) is 0. The van der Waals surface area contributed by atoms with Crippen molar-refractivity contribution < 1.29 is 48.3 Å². The van der Waals surface area contributed by atoms with E-state index in [1.165, 1.54) is 0 Å². The van der Waals surface area contributed by atoms with Gasteiger partial charge in [0.1, 0.15) is 0 Å². The minimum Gasteiger partial charge on any atom is -0.240 e. The summed E-state index contributed by atoms with van der Waals surface area (Å²) >= 11 is 0. The van der Waals surface area contributed by atoms with Gasteiger partial charge in [0.2, 0.25) is 0 Å². The number of hydrogen-bond acceptors (Lipinski definition) is 0. The van der Waals surface area contributed by atoms with Crippen LogP contribution < -0.4 is 0 Å². The Labute approximate surface area is 126 Å². The van der Waals surface area contributed by atoms with E-state index >= 15 is 0 Å². The third-order valence-electron chi connectivity index (χ3n) is 2.74. The predicted octanol–water partition coefficient (Wildman–Crippen LogP) is 6.65. The molecule has 0 fully saturated rings. The highest BCUT2D eigenvalue weighted by molar-refractivity contribution is 7.41. The summed E-state index contributed by atoms with van der Waals surface area (Å²) in [4.78, 5) is 0. The SMILES string of the molecule is FC(CCCCCCC(F)(F)F)C(F)(F)PC(F)(F)C(F)(F)F. The first kappa shape index (κ1) is 22.7. The summed E-state index contributed by atoms with van der Waals surface area (Å²) in [6.07, 6.45) is -16.6. The van der Waals surface area contributed by atoms with Crippen LogP contribution in [-0.4, -0.2) is 29.9 Å². The molecule has 0 rings (SSSR count). The zero-order valence-corrected chi connectivity index (χ0v) is 12.5. The van der Waals surface area contributed by atoms with Gasteiger partial charge in [0.05, 0.1) is 0 Å². The number of alkyl halides is 11. The van der Waals surface area contributed by atoms with E-state index in [1.54, 1.807) is 0 Å². The summed E-state index contributed by atoms with van der Waals surface area (Å²) < 4.78 is 135. The molecule has 0 aromatic rings. The monoisotopic (exact) mass is 386 g/mol. The van der Waals surface area contributed by atoms with Crippen molar-refractivity contribution in [2.45, 2.75) is 68.4 Å². The third kappa shape index (κ3) is 8.91. The lowest BCUT2D eigenvalue weighted by atomic mass is 10.1. The lowest BCUT2D eigenvalue weighted by Gasteiger charge is -2.27. The molecule has 0 aliphatic heterocycles. The molecule has 0 aromatic carbocycles. The fourth-order valence-corrected chi connectivity index (χ4v) is 2.40. The van der Waals surface area contributed by atoms with Gasteiger partial charge in [-0.3, -0.25) is 0 Å². The van der Waals surface area contributed by atoms with Gasteiger partial charge in [-0.2, -0.15) is 43.9 Å². The molecule has 2 atom stereocenters. The van der Waals surface area contributed by atoms with Crippen molar-refractivity contribution in [2.24, 2.45) is 0 Å². The third-order valence-corrected chi connectivity index (χ3v) is 3.98. The van der Waals surface area contributed by atoms with E-state index in [-0.39, 0.29) is 25.7 Å². The smallest absolute Gasteiger partial charge is 0.240 e. The lowest BCUT2D eigenvalue weighted by Crippen LogP contribution is -2.38. The van der Waals surface area contributed by atoms with E-state index in [1.807, 2.05) is 0 Å². The largest absolute Gasteiger partial charge is 0.457 e. The maximum Gasteiger partial charge on any atom is 0.457 e. The quantitative estimate of drug-likeness (QED) is 0.236. The Bertz CT molecular complexity index is 347. The average Bonchev–Trinajstić information content (AvgIpc) is 2.29. The van der Waals surface area contributed by atoms with Crippen LogP contribution in [0, 0.1) is 0 Å². The molecule has 0 saturated heterocycles. The van der Waals surface area contributed by atoms with Crippen LogP contribution in [0.15, 0.2) is 0 Å². The van der Waals surface area contributed by atoms with E-state index in [9.17, 15) is 48.3 Å². The number of unbranched alkanes of at least 4 members (excludes halogenated alkanes) is 3. The first-order valence-corrected chi connectivity index (χ1v) is 7.41. The number of hydrogen-bond donors (Lipinski definition) is 0. The van der Waals surface area contributed by atoms with Crippen molar-refractivity contribution in [1.29, 1.82) is 0 Å². The van der Waals surface area contributed by atoms with E-state index in [0.717, 1.165) is 0 Å². The molecule has 0 N–H and O–H groups in total. The van der Waals surface area contributed by atoms with Crippen molar-refractivity contribution in [3.05, 3.63) is 0 Å². The fraction of sp³-hybridized carbons (Fsp3) is 1.00. The Balaban J connectivity index is 4.21. The minimum absolute atomic E-state index is 0.0429. The van der Waals surface area contributed by atoms with Crippen molar-refractivity contribution in [1.82, 2.24) is 0 Å². The van der Waals surface area contributed by atoms with Crippen molar-refractivity contribution in [3.8, 4) is 0 Å². The van der Waals surface area contributed by atoms with Crippen LogP contribution in [0.25, 0.3) is 0 Å². The van der Waals surface area contributed by atoms with E-state index in [2.05, 4.69) is 0 Å². The van der Waals surface area contributed by atoms with Gasteiger partial charge in [-0.25, -0.2) is 4.39 Å². The highest BCUT2D eigenvalue weighted by Gasteiger charge is 2.63. The highest BCUT2D eigenvalue weighted by atomic mass is 31.1. The first-order chi connectivity index (χ1) is 10.1. The molecule has 0 bridgehead atoms. The van der Waals surface area contributed by atoms with Crippen molar-refractivity contribution in [2.75, 3.05) is 0 Å². The Morgan fingerprint density at radius 2 is 1.17 bits per heavy atom. The normalized spacial score (nSPS) is 16.3. The fourth-order valence-electron chi connectivity index (χ4n) is 1.54. The zero-order valence-electron chi connectivity index (χ0n) is 11.5. The van der Waals surface area contributed by atoms with Gasteiger partial charge in [0, 0.05) is 15.0 Å². The average molecular weight is 386 g/mol. The summed E-state index contributed by atoms with van der Waals surface area (Å²) in [7, 11) is -3.29. The van der Waals surface area contributed by atoms with Gasteiger partial charge in [-0.05, 0) is 12.8 Å². The Hall–Kier alpha value is -0.340. The van der Waals surface area contributed by atoms with Gasteiger partial charge in [-0.15, -0.1) is 0 Å². The molecule has 0 amide bonds. The number of halogens is 11. The van der Waals surface area contributed by atoms with Gasteiger partial charge < -0.3 is 0 Å². The van der Waals surface area contributed by atoms with Crippen LogP contribution in [0.5, 0.6) is 0 Å². The standard InChI is InChI=1S/C11H14F11P/c12-7(5-3-1-2-4-6-8(13,14)15)9(16,17)23-11(21,22)10(18,19)20/h7,23H,1-6H2. The van der Waals surface area contributed by atoms with Crippen molar-refractivity contribution >= 4 is 8.58 Å². The molecule has 0 heterocycles. The topological polar surface area (TPSA) is 0 Å². The maximum absolute atomic E-state index is 13.2. The molecular weight excluding hydrogens is 372 g/mol. The van der Waals surface area contributed by atoms with Crippen LogP contribution in [-0.2, 0) is 0 Å². The molecule has 0 nitrogen and oxygen atoms in total. The Morgan fingerprint density at radius 3 is 1.61 bits per heavy atom. The van der Waals surface area contributed by atoms with Crippen LogP contribution in [0.4, 0.5) is 48.3 Å². The van der Waals surface area contributed by atoms with Crippen LogP contribution in [0.1, 0.15) is 38.5 Å². The van der Waals surface area contributed by atoms with Gasteiger partial charge in [0.25, 0.3) is 5.66 Å². The molecule has 0 spiro atoms.